The van der Waals surface area contributed by atoms with Crippen LogP contribution in [0.5, 0.6) is 0 Å². The van der Waals surface area contributed by atoms with E-state index >= 15 is 4.57 Å². The van der Waals surface area contributed by atoms with Gasteiger partial charge in [-0.1, -0.05) is 103 Å². The Kier molecular flexibility index (Phi) is 5.53. The third-order valence-electron chi connectivity index (χ3n) is 7.77. The number of fused-ring (bicyclic) bond motifs is 6. The van der Waals surface area contributed by atoms with Crippen LogP contribution in [-0.2, 0) is 4.57 Å². The van der Waals surface area contributed by atoms with Gasteiger partial charge in [0.25, 0.3) is 0 Å². The highest BCUT2D eigenvalue weighted by molar-refractivity contribution is 7.85. The highest BCUT2D eigenvalue weighted by atomic mass is 32.1. The van der Waals surface area contributed by atoms with Gasteiger partial charge in [0.2, 0.25) is 0 Å². The fourth-order valence-electron chi connectivity index (χ4n) is 5.83. The molecule has 1 nitrogen and oxygen atoms in total. The maximum absolute atomic E-state index is 15.0. The lowest BCUT2D eigenvalue weighted by molar-refractivity contribution is 0.592. The van der Waals surface area contributed by atoms with E-state index in [4.69, 9.17) is 0 Å². The predicted octanol–water partition coefficient (Wildman–Crippen LogP) is 9.73. The molecule has 0 unspecified atom stereocenters. The molecule has 40 heavy (non-hydrogen) atoms. The number of hydrogen-bond acceptors (Lipinski definition) is 3. The van der Waals surface area contributed by atoms with Crippen molar-refractivity contribution in [3.63, 3.8) is 0 Å². The van der Waals surface area contributed by atoms with Gasteiger partial charge in [-0.05, 0) is 47.5 Å². The first kappa shape index (κ1) is 23.8. The van der Waals surface area contributed by atoms with E-state index in [9.17, 15) is 0 Å². The van der Waals surface area contributed by atoms with Crippen LogP contribution in [0.25, 0.3) is 51.5 Å². The Morgan fingerprint density at radius 1 is 0.425 bits per heavy atom. The van der Waals surface area contributed by atoms with Gasteiger partial charge < -0.3 is 4.57 Å². The van der Waals surface area contributed by atoms with Crippen LogP contribution in [0, 0.1) is 0 Å². The molecular weight excluding hydrogens is 544 g/mol. The fraction of sp³-hybridized carbons (Fsp3) is 0. The Balaban J connectivity index is 1.35. The molecule has 6 aromatic carbocycles. The first-order valence-electron chi connectivity index (χ1n) is 13.3. The predicted molar refractivity (Wildman–Crippen MR) is 177 cm³/mol. The van der Waals surface area contributed by atoms with Crippen LogP contribution in [0.4, 0.5) is 0 Å². The van der Waals surface area contributed by atoms with Crippen molar-refractivity contribution < 1.29 is 4.57 Å². The Morgan fingerprint density at radius 2 is 1.02 bits per heavy atom. The van der Waals surface area contributed by atoms with Gasteiger partial charge in [0.1, 0.15) is 0 Å². The second-order valence-electron chi connectivity index (χ2n) is 10.1. The molecule has 0 radical (unpaired) electrons. The van der Waals surface area contributed by atoms with Gasteiger partial charge in [-0.25, -0.2) is 0 Å². The summed E-state index contributed by atoms with van der Waals surface area (Å²) in [4.78, 5) is 0. The minimum absolute atomic E-state index is 0.859. The van der Waals surface area contributed by atoms with Crippen molar-refractivity contribution in [1.29, 1.82) is 0 Å². The zero-order valence-electron chi connectivity index (χ0n) is 21.5. The first-order chi connectivity index (χ1) is 19.7. The quantitative estimate of drug-likeness (QED) is 0.194. The van der Waals surface area contributed by atoms with Crippen LogP contribution >= 0.6 is 29.8 Å². The van der Waals surface area contributed by atoms with Crippen LogP contribution in [-0.4, -0.2) is 0 Å². The fourth-order valence-corrected chi connectivity index (χ4v) is 10.8. The van der Waals surface area contributed by atoms with E-state index in [-0.39, 0.29) is 0 Å². The summed E-state index contributed by atoms with van der Waals surface area (Å²) in [5.74, 6) is 0. The van der Waals surface area contributed by atoms with E-state index in [0.29, 0.717) is 0 Å². The smallest absolute Gasteiger partial charge is 0.171 e. The lowest BCUT2D eigenvalue weighted by Crippen LogP contribution is -2.24. The maximum Gasteiger partial charge on any atom is 0.171 e. The summed E-state index contributed by atoms with van der Waals surface area (Å²) in [6.07, 6.45) is 0. The van der Waals surface area contributed by atoms with Gasteiger partial charge in [0.15, 0.2) is 7.14 Å². The van der Waals surface area contributed by atoms with Gasteiger partial charge in [-0.2, -0.15) is 0 Å². The highest BCUT2D eigenvalue weighted by Gasteiger charge is 2.30. The van der Waals surface area contributed by atoms with E-state index in [1.807, 2.05) is 72.0 Å². The Labute approximate surface area is 240 Å². The zero-order valence-corrected chi connectivity index (χ0v) is 24.0. The van der Waals surface area contributed by atoms with Gasteiger partial charge >= 0.3 is 0 Å². The molecule has 2 heterocycles. The zero-order chi connectivity index (χ0) is 26.7. The average molecular weight is 567 g/mol. The van der Waals surface area contributed by atoms with Crippen molar-refractivity contribution in [2.75, 3.05) is 0 Å². The molecule has 8 aromatic rings. The molecule has 0 bridgehead atoms. The molecule has 0 spiro atoms. The van der Waals surface area contributed by atoms with Crippen LogP contribution < -0.4 is 15.9 Å². The summed E-state index contributed by atoms with van der Waals surface area (Å²) >= 11 is 3.66. The molecule has 0 saturated carbocycles. The van der Waals surface area contributed by atoms with Crippen LogP contribution in [0.15, 0.2) is 140 Å². The summed E-state index contributed by atoms with van der Waals surface area (Å²) < 4.78 is 20.1. The Bertz CT molecular complexity index is 2200. The van der Waals surface area contributed by atoms with Crippen molar-refractivity contribution in [3.05, 3.63) is 140 Å². The number of hydrogen-bond donors (Lipinski definition) is 0. The summed E-state index contributed by atoms with van der Waals surface area (Å²) in [5.41, 5.74) is 2.47. The van der Waals surface area contributed by atoms with E-state index in [1.165, 1.54) is 46.1 Å². The van der Waals surface area contributed by atoms with E-state index < -0.39 is 7.14 Å². The van der Waals surface area contributed by atoms with Crippen molar-refractivity contribution >= 4 is 86.1 Å². The second-order valence-corrected chi connectivity index (χ2v) is 15.0. The number of rotatable bonds is 4. The summed E-state index contributed by atoms with van der Waals surface area (Å²) in [6, 6.07) is 48.3. The number of benzene rings is 6. The van der Waals surface area contributed by atoms with Crippen LogP contribution in [0.3, 0.4) is 0 Å². The monoisotopic (exact) mass is 566 g/mol. The maximum atomic E-state index is 15.0. The molecule has 0 aliphatic carbocycles. The van der Waals surface area contributed by atoms with Crippen molar-refractivity contribution in [1.82, 2.24) is 0 Å². The van der Waals surface area contributed by atoms with E-state index in [1.54, 1.807) is 11.3 Å². The standard InChI is InChI=1S/C36H23OPS2/c37-38(25-10-3-1-4-11-25,26-12-5-2-6-13-26)27-19-21-35-32(23-27)31-22-24(18-20-34(31)39-35)28-15-9-16-30-29-14-7-8-17-33(29)40-36(28)30/h1-23H. The minimum Gasteiger partial charge on any atom is -0.309 e. The first-order valence-corrected chi connectivity index (χ1v) is 16.6. The lowest BCUT2D eigenvalue weighted by Gasteiger charge is -2.20. The molecule has 0 atom stereocenters. The molecule has 190 valence electrons. The molecule has 8 rings (SSSR count). The summed E-state index contributed by atoms with van der Waals surface area (Å²) in [7, 11) is -3.05. The average Bonchev–Trinajstić information content (AvgIpc) is 3.59. The Morgan fingerprint density at radius 3 is 1.77 bits per heavy atom. The van der Waals surface area contributed by atoms with Gasteiger partial charge in [-0.3, -0.25) is 0 Å². The van der Waals surface area contributed by atoms with Crippen molar-refractivity contribution in [3.8, 4) is 11.1 Å². The van der Waals surface area contributed by atoms with E-state index in [0.717, 1.165) is 21.3 Å². The highest BCUT2D eigenvalue weighted by Crippen LogP contribution is 2.45. The second kappa shape index (κ2) is 9.28. The molecular formula is C36H23OPS2. The van der Waals surface area contributed by atoms with Crippen LogP contribution in [0.2, 0.25) is 0 Å². The third kappa shape index (κ3) is 3.63. The molecule has 0 fully saturated rings. The van der Waals surface area contributed by atoms with E-state index in [2.05, 4.69) is 78.9 Å². The molecule has 0 saturated heterocycles. The number of thiophene rings is 2. The SMILES string of the molecule is O=P(c1ccccc1)(c1ccccc1)c1ccc2sc3ccc(-c4cccc5c4sc4ccccc45)cc3c2c1. The molecule has 0 aliphatic rings. The van der Waals surface area contributed by atoms with Gasteiger partial charge in [-0.15, -0.1) is 22.7 Å². The molecule has 4 heteroatoms. The normalized spacial score (nSPS) is 12.1. The van der Waals surface area contributed by atoms with Gasteiger partial charge in [0.05, 0.1) is 0 Å². The Hall–Kier alpha value is -4.01. The third-order valence-corrected chi connectivity index (χ3v) is 13.2. The molecule has 2 aromatic heterocycles. The van der Waals surface area contributed by atoms with Crippen LogP contribution in [0.1, 0.15) is 0 Å². The lowest BCUT2D eigenvalue weighted by atomic mass is 10.0. The van der Waals surface area contributed by atoms with Gasteiger partial charge in [0, 0.05) is 56.3 Å². The largest absolute Gasteiger partial charge is 0.309 e. The topological polar surface area (TPSA) is 17.1 Å². The molecule has 0 amide bonds. The van der Waals surface area contributed by atoms with Crippen molar-refractivity contribution in [2.24, 2.45) is 0 Å². The summed E-state index contributed by atoms with van der Waals surface area (Å²) in [5, 5.41) is 7.58. The minimum atomic E-state index is -3.05. The summed E-state index contributed by atoms with van der Waals surface area (Å²) in [6.45, 7) is 0. The van der Waals surface area contributed by atoms with Crippen molar-refractivity contribution in [2.45, 2.75) is 0 Å². The molecule has 0 aliphatic heterocycles. The molecule has 0 N–H and O–H groups in total.